The highest BCUT2D eigenvalue weighted by Gasteiger charge is 2.24. The lowest BCUT2D eigenvalue weighted by Gasteiger charge is -2.27. The smallest absolute Gasteiger partial charge is 0.240 e. The van der Waals surface area contributed by atoms with E-state index >= 15 is 0 Å². The van der Waals surface area contributed by atoms with Crippen LogP contribution in [-0.4, -0.2) is 27.5 Å². The number of nitrogens with one attached hydrogen (secondary N) is 2. The van der Waals surface area contributed by atoms with Crippen LogP contribution >= 0.6 is 11.6 Å². The third kappa shape index (κ3) is 2.35. The highest BCUT2D eigenvalue weighted by molar-refractivity contribution is 7.89. The molecule has 2 rings (SSSR count). The zero-order valence-electron chi connectivity index (χ0n) is 8.20. The molecule has 1 fully saturated rings. The van der Waals surface area contributed by atoms with Gasteiger partial charge >= 0.3 is 0 Å². The summed E-state index contributed by atoms with van der Waals surface area (Å²) in [5.74, 6) is -0.633. The molecule has 0 radical (unpaired) electrons. The zero-order valence-corrected chi connectivity index (χ0v) is 9.78. The summed E-state index contributed by atoms with van der Waals surface area (Å²) in [6, 6.07) is 3.23. The molecule has 2 N–H and O–H groups in total. The summed E-state index contributed by atoms with van der Waals surface area (Å²) in [6.07, 6.45) is 0. The van der Waals surface area contributed by atoms with Crippen molar-refractivity contribution >= 4 is 21.6 Å². The molecule has 16 heavy (non-hydrogen) atoms. The van der Waals surface area contributed by atoms with Gasteiger partial charge in [0.1, 0.15) is 5.82 Å². The first-order valence-electron chi connectivity index (χ1n) is 4.67. The third-order valence-electron chi connectivity index (χ3n) is 2.30. The summed E-state index contributed by atoms with van der Waals surface area (Å²) in [5, 5.41) is 2.74. The summed E-state index contributed by atoms with van der Waals surface area (Å²) < 4.78 is 38.9. The van der Waals surface area contributed by atoms with Gasteiger partial charge in [-0.25, -0.2) is 17.5 Å². The Labute approximate surface area is 97.8 Å². The Hall–Kier alpha value is -0.690. The minimum atomic E-state index is -3.60. The normalized spacial score (nSPS) is 17.1. The second-order valence-corrected chi connectivity index (χ2v) is 5.67. The molecule has 1 aromatic rings. The van der Waals surface area contributed by atoms with Crippen LogP contribution in [0.5, 0.6) is 0 Å². The summed E-state index contributed by atoms with van der Waals surface area (Å²) in [7, 11) is -3.60. The Kier molecular flexibility index (Phi) is 3.16. The van der Waals surface area contributed by atoms with E-state index in [1.165, 1.54) is 6.07 Å². The quantitative estimate of drug-likeness (QED) is 0.846. The van der Waals surface area contributed by atoms with Gasteiger partial charge in [-0.15, -0.1) is 0 Å². The molecule has 88 valence electrons. The molecule has 1 aliphatic rings. The van der Waals surface area contributed by atoms with E-state index in [4.69, 9.17) is 11.6 Å². The van der Waals surface area contributed by atoms with E-state index in [0.29, 0.717) is 13.1 Å². The van der Waals surface area contributed by atoms with Crippen molar-refractivity contribution in [1.29, 1.82) is 0 Å². The van der Waals surface area contributed by atoms with Gasteiger partial charge in [-0.3, -0.25) is 0 Å². The number of benzene rings is 1. The number of halogens is 2. The summed E-state index contributed by atoms with van der Waals surface area (Å²) >= 11 is 5.52. The molecule has 0 saturated carbocycles. The van der Waals surface area contributed by atoms with Crippen molar-refractivity contribution in [2.75, 3.05) is 13.1 Å². The van der Waals surface area contributed by atoms with Gasteiger partial charge in [0.2, 0.25) is 10.0 Å². The average molecular weight is 265 g/mol. The molecule has 0 bridgehead atoms. The van der Waals surface area contributed by atoms with Crippen molar-refractivity contribution in [1.82, 2.24) is 10.0 Å². The van der Waals surface area contributed by atoms with Crippen molar-refractivity contribution in [2.45, 2.75) is 10.9 Å². The van der Waals surface area contributed by atoms with E-state index in [0.717, 1.165) is 12.1 Å². The fraction of sp³-hybridized carbons (Fsp3) is 0.333. The highest BCUT2D eigenvalue weighted by atomic mass is 35.5. The van der Waals surface area contributed by atoms with E-state index in [1.807, 2.05) is 0 Å². The number of hydrogen-bond acceptors (Lipinski definition) is 3. The first-order valence-corrected chi connectivity index (χ1v) is 6.53. The molecule has 0 aromatic heterocycles. The number of rotatable bonds is 3. The Morgan fingerprint density at radius 2 is 2.12 bits per heavy atom. The van der Waals surface area contributed by atoms with Gasteiger partial charge in [0.15, 0.2) is 0 Å². The first-order chi connectivity index (χ1) is 7.49. The molecule has 0 atom stereocenters. The van der Waals surface area contributed by atoms with Crippen LogP contribution in [-0.2, 0) is 10.0 Å². The lowest BCUT2D eigenvalue weighted by atomic mass is 10.2. The fourth-order valence-corrected chi connectivity index (χ4v) is 2.81. The van der Waals surface area contributed by atoms with Crippen LogP contribution in [0.4, 0.5) is 4.39 Å². The predicted molar refractivity (Wildman–Crippen MR) is 58.4 cm³/mol. The Balaban J connectivity index is 2.24. The molecule has 1 aliphatic heterocycles. The molecule has 1 heterocycles. The minimum absolute atomic E-state index is 0.0224. The van der Waals surface area contributed by atoms with Gasteiger partial charge < -0.3 is 5.32 Å². The summed E-state index contributed by atoms with van der Waals surface area (Å²) in [4.78, 5) is -0.0224. The van der Waals surface area contributed by atoms with Crippen LogP contribution < -0.4 is 10.0 Å². The highest BCUT2D eigenvalue weighted by Crippen LogP contribution is 2.19. The van der Waals surface area contributed by atoms with Gasteiger partial charge in [0.05, 0.1) is 9.92 Å². The lowest BCUT2D eigenvalue weighted by molar-refractivity contribution is 0.410. The topological polar surface area (TPSA) is 58.2 Å². The molecule has 4 nitrogen and oxygen atoms in total. The van der Waals surface area contributed by atoms with E-state index in [-0.39, 0.29) is 16.0 Å². The Morgan fingerprint density at radius 3 is 2.62 bits per heavy atom. The fourth-order valence-electron chi connectivity index (χ4n) is 1.30. The van der Waals surface area contributed by atoms with Gasteiger partial charge in [-0.2, -0.15) is 0 Å². The molecule has 0 spiro atoms. The van der Waals surface area contributed by atoms with Crippen LogP contribution in [0.3, 0.4) is 0 Å². The van der Waals surface area contributed by atoms with Gasteiger partial charge in [-0.1, -0.05) is 11.6 Å². The Bertz CT molecular complexity index is 502. The minimum Gasteiger partial charge on any atom is -0.313 e. The van der Waals surface area contributed by atoms with Crippen LogP contribution in [0.15, 0.2) is 23.1 Å². The SMILES string of the molecule is O=S(=O)(NC1CNC1)c1ccc(F)c(Cl)c1. The predicted octanol–water partition coefficient (Wildman–Crippen LogP) is 0.729. The van der Waals surface area contributed by atoms with Crippen LogP contribution in [0.1, 0.15) is 0 Å². The Morgan fingerprint density at radius 1 is 1.44 bits per heavy atom. The van der Waals surface area contributed by atoms with E-state index in [9.17, 15) is 12.8 Å². The van der Waals surface area contributed by atoms with E-state index < -0.39 is 15.8 Å². The van der Waals surface area contributed by atoms with Crippen LogP contribution in [0.2, 0.25) is 5.02 Å². The molecule has 0 aliphatic carbocycles. The molecule has 0 unspecified atom stereocenters. The maximum absolute atomic E-state index is 12.9. The average Bonchev–Trinajstić information content (AvgIpc) is 2.16. The van der Waals surface area contributed by atoms with Gasteiger partial charge in [0, 0.05) is 19.1 Å². The van der Waals surface area contributed by atoms with Gasteiger partial charge in [-0.05, 0) is 18.2 Å². The number of sulfonamides is 1. The van der Waals surface area contributed by atoms with Crippen molar-refractivity contribution in [2.24, 2.45) is 0 Å². The monoisotopic (exact) mass is 264 g/mol. The van der Waals surface area contributed by atoms with Crippen molar-refractivity contribution in [3.05, 3.63) is 29.0 Å². The van der Waals surface area contributed by atoms with Crippen LogP contribution in [0, 0.1) is 5.82 Å². The first kappa shape index (κ1) is 11.8. The number of hydrogen-bond donors (Lipinski definition) is 2. The largest absolute Gasteiger partial charge is 0.313 e. The molecule has 0 amide bonds. The van der Waals surface area contributed by atoms with Crippen molar-refractivity contribution in [3.63, 3.8) is 0 Å². The van der Waals surface area contributed by atoms with Gasteiger partial charge in [0.25, 0.3) is 0 Å². The molecule has 7 heteroatoms. The van der Waals surface area contributed by atoms with E-state index in [2.05, 4.69) is 10.0 Å². The standard InChI is InChI=1S/C9H10ClFN2O2S/c10-8-3-7(1-2-9(8)11)16(14,15)13-6-4-12-5-6/h1-3,6,12-13H,4-5H2. The van der Waals surface area contributed by atoms with Crippen molar-refractivity contribution < 1.29 is 12.8 Å². The molecular weight excluding hydrogens is 255 g/mol. The second-order valence-electron chi connectivity index (χ2n) is 3.55. The van der Waals surface area contributed by atoms with E-state index in [1.54, 1.807) is 0 Å². The lowest BCUT2D eigenvalue weighted by Crippen LogP contribution is -2.56. The summed E-state index contributed by atoms with van der Waals surface area (Å²) in [6.45, 7) is 1.21. The maximum Gasteiger partial charge on any atom is 0.240 e. The van der Waals surface area contributed by atoms with Crippen molar-refractivity contribution in [3.8, 4) is 0 Å². The molecular formula is C9H10ClFN2O2S. The molecule has 1 aromatic carbocycles. The third-order valence-corrected chi connectivity index (χ3v) is 4.11. The zero-order chi connectivity index (χ0) is 11.8. The summed E-state index contributed by atoms with van der Waals surface area (Å²) in [5.41, 5.74) is 0. The maximum atomic E-state index is 12.9. The second kappa shape index (κ2) is 4.29. The molecule has 1 saturated heterocycles. The van der Waals surface area contributed by atoms with Crippen LogP contribution in [0.25, 0.3) is 0 Å².